The van der Waals surface area contributed by atoms with Gasteiger partial charge < -0.3 is 11.1 Å². The molecule has 98 valence electrons. The van der Waals surface area contributed by atoms with Gasteiger partial charge in [-0.1, -0.05) is 30.4 Å². The van der Waals surface area contributed by atoms with E-state index in [1.54, 1.807) is 12.4 Å². The number of para-hydroxylation sites is 1. The molecule has 1 heterocycles. The van der Waals surface area contributed by atoms with Crippen LogP contribution in [0.5, 0.6) is 0 Å². The van der Waals surface area contributed by atoms with E-state index in [0.717, 1.165) is 5.69 Å². The number of carbonyl (C=O) groups is 1. The summed E-state index contributed by atoms with van der Waals surface area (Å²) in [5.41, 5.74) is 6.22. The van der Waals surface area contributed by atoms with E-state index in [9.17, 15) is 4.79 Å². The highest BCUT2D eigenvalue weighted by atomic mass is 32.1. The van der Waals surface area contributed by atoms with Gasteiger partial charge in [0.05, 0.1) is 4.99 Å². The van der Waals surface area contributed by atoms with Crippen molar-refractivity contribution in [2.24, 2.45) is 21.6 Å². The van der Waals surface area contributed by atoms with Crippen LogP contribution in [0.1, 0.15) is 6.42 Å². The van der Waals surface area contributed by atoms with Gasteiger partial charge in [0.2, 0.25) is 5.91 Å². The molecule has 0 aliphatic carbocycles. The van der Waals surface area contributed by atoms with E-state index < -0.39 is 18.0 Å². The molecule has 1 aromatic rings. The predicted octanol–water partition coefficient (Wildman–Crippen LogP) is 1.40. The molecule has 1 aliphatic heterocycles. The maximum absolute atomic E-state index is 11.6. The minimum Gasteiger partial charge on any atom is -0.369 e. The highest BCUT2D eigenvalue weighted by Gasteiger charge is 2.30. The van der Waals surface area contributed by atoms with Crippen molar-refractivity contribution in [1.29, 1.82) is 0 Å². The first kappa shape index (κ1) is 13.4. The number of nitrogens with one attached hydrogen (secondary N) is 1. The topological polar surface area (TPSA) is 79.8 Å². The number of nitrogens with two attached hydrogens (primary N) is 1. The Morgan fingerprint density at radius 2 is 1.95 bits per heavy atom. The number of rotatable bonds is 4. The molecule has 1 amide bonds. The van der Waals surface area contributed by atoms with E-state index in [4.69, 9.17) is 18.0 Å². The van der Waals surface area contributed by atoms with Crippen LogP contribution in [-0.4, -0.2) is 29.5 Å². The smallest absolute Gasteiger partial charge is 0.231 e. The van der Waals surface area contributed by atoms with Gasteiger partial charge in [0.25, 0.3) is 0 Å². The normalized spacial score (nSPS) is 16.0. The molecule has 1 atom stereocenters. The number of hydrogen-bond acceptors (Lipinski definition) is 4. The summed E-state index contributed by atoms with van der Waals surface area (Å²) in [6, 6.07) is 9.37. The molecule has 1 unspecified atom stereocenters. The zero-order valence-electron chi connectivity index (χ0n) is 10.2. The molecule has 0 spiro atoms. The first-order valence-electron chi connectivity index (χ1n) is 5.87. The zero-order valence-corrected chi connectivity index (χ0v) is 11.0. The number of hydrogen-bond donors (Lipinski definition) is 2. The molecule has 2 rings (SSSR count). The van der Waals surface area contributed by atoms with Gasteiger partial charge in [-0.25, -0.2) is 0 Å². The van der Waals surface area contributed by atoms with Crippen LogP contribution >= 0.6 is 12.2 Å². The molecule has 0 radical (unpaired) electrons. The Kier molecular flexibility index (Phi) is 4.35. The van der Waals surface area contributed by atoms with E-state index in [-0.39, 0.29) is 0 Å². The summed E-state index contributed by atoms with van der Waals surface area (Å²) in [5, 5.41) is 3.00. The third kappa shape index (κ3) is 3.45. The lowest BCUT2D eigenvalue weighted by Crippen LogP contribution is -2.40. The number of primary amides is 1. The Balaban J connectivity index is 2.13. The fourth-order valence-corrected chi connectivity index (χ4v) is 2.10. The average molecular weight is 274 g/mol. The van der Waals surface area contributed by atoms with Gasteiger partial charge in [0, 0.05) is 24.5 Å². The van der Waals surface area contributed by atoms with Crippen molar-refractivity contribution in [3.05, 3.63) is 30.3 Å². The van der Waals surface area contributed by atoms with Crippen molar-refractivity contribution < 1.29 is 4.79 Å². The maximum atomic E-state index is 11.6. The summed E-state index contributed by atoms with van der Waals surface area (Å²) in [5.74, 6) is -1.27. The average Bonchev–Trinajstić information content (AvgIpc) is 2.40. The maximum Gasteiger partial charge on any atom is 0.231 e. The molecule has 6 heteroatoms. The van der Waals surface area contributed by atoms with Crippen LogP contribution in [0.3, 0.4) is 0 Å². The Labute approximate surface area is 116 Å². The van der Waals surface area contributed by atoms with Crippen molar-refractivity contribution in [2.45, 2.75) is 12.6 Å². The van der Waals surface area contributed by atoms with Crippen molar-refractivity contribution >= 4 is 41.2 Å². The largest absolute Gasteiger partial charge is 0.369 e. The monoisotopic (exact) mass is 274 g/mol. The Hall–Kier alpha value is -2.08. The highest BCUT2D eigenvalue weighted by Crippen LogP contribution is 2.16. The standard InChI is InChI=1S/C13H14N4OS/c14-11(18)10(12-15-7-4-8-16-12)13(19)17-9-5-2-1-3-6-9/h1-3,5-8,10,12H,4H2,(H2,14,18)(H,17,19). The SMILES string of the molecule is NC(=O)C(C(=S)Nc1ccccc1)C1N=CCC=N1. The number of carbonyl (C=O) groups excluding carboxylic acids is 1. The fourth-order valence-electron chi connectivity index (χ4n) is 1.75. The van der Waals surface area contributed by atoms with Crippen LogP contribution in [0.25, 0.3) is 0 Å². The fraction of sp³-hybridized carbons (Fsp3) is 0.231. The molecule has 0 fully saturated rings. The third-order valence-corrected chi connectivity index (χ3v) is 3.01. The van der Waals surface area contributed by atoms with Gasteiger partial charge in [-0.15, -0.1) is 0 Å². The number of benzene rings is 1. The van der Waals surface area contributed by atoms with Crippen LogP contribution in [0.4, 0.5) is 5.69 Å². The molecule has 0 bridgehead atoms. The second-order valence-corrected chi connectivity index (χ2v) is 4.49. The first-order chi connectivity index (χ1) is 9.18. The molecule has 1 aromatic carbocycles. The van der Waals surface area contributed by atoms with E-state index in [1.165, 1.54) is 0 Å². The Morgan fingerprint density at radius 3 is 2.53 bits per heavy atom. The van der Waals surface area contributed by atoms with E-state index in [0.29, 0.717) is 11.4 Å². The zero-order chi connectivity index (χ0) is 13.7. The Bertz CT molecular complexity index is 515. The summed E-state index contributed by atoms with van der Waals surface area (Å²) in [4.78, 5) is 20.2. The lowest BCUT2D eigenvalue weighted by molar-refractivity contribution is -0.120. The lowest BCUT2D eigenvalue weighted by Gasteiger charge is -2.21. The van der Waals surface area contributed by atoms with Crippen LogP contribution in [-0.2, 0) is 4.79 Å². The number of anilines is 1. The second-order valence-electron chi connectivity index (χ2n) is 4.05. The summed E-state index contributed by atoms with van der Waals surface area (Å²) in [7, 11) is 0. The van der Waals surface area contributed by atoms with Crippen molar-refractivity contribution in [1.82, 2.24) is 0 Å². The number of nitrogens with zero attached hydrogens (tertiary/aromatic N) is 2. The van der Waals surface area contributed by atoms with Gasteiger partial charge >= 0.3 is 0 Å². The summed E-state index contributed by atoms with van der Waals surface area (Å²) < 4.78 is 0. The van der Waals surface area contributed by atoms with E-state index >= 15 is 0 Å². The van der Waals surface area contributed by atoms with Gasteiger partial charge in [-0.2, -0.15) is 0 Å². The molecule has 3 N–H and O–H groups in total. The van der Waals surface area contributed by atoms with Gasteiger partial charge in [0.1, 0.15) is 5.92 Å². The molecule has 0 aromatic heterocycles. The summed E-state index contributed by atoms with van der Waals surface area (Å²) in [6.07, 6.45) is 3.52. The van der Waals surface area contributed by atoms with Crippen LogP contribution in [0.15, 0.2) is 40.3 Å². The third-order valence-electron chi connectivity index (χ3n) is 2.66. The second kappa shape index (κ2) is 6.19. The van der Waals surface area contributed by atoms with Crippen LogP contribution < -0.4 is 11.1 Å². The number of amides is 1. The quantitative estimate of drug-likeness (QED) is 0.814. The molecule has 0 saturated heterocycles. The minimum absolute atomic E-state index is 0.333. The van der Waals surface area contributed by atoms with Crippen molar-refractivity contribution in [3.63, 3.8) is 0 Å². The van der Waals surface area contributed by atoms with Crippen LogP contribution in [0.2, 0.25) is 0 Å². The predicted molar refractivity (Wildman–Crippen MR) is 80.7 cm³/mol. The highest BCUT2D eigenvalue weighted by molar-refractivity contribution is 7.80. The molecule has 1 aliphatic rings. The molecule has 5 nitrogen and oxygen atoms in total. The van der Waals surface area contributed by atoms with E-state index in [1.807, 2.05) is 30.3 Å². The summed E-state index contributed by atoms with van der Waals surface area (Å²) >= 11 is 5.25. The van der Waals surface area contributed by atoms with Gasteiger partial charge in [-0.05, 0) is 12.1 Å². The minimum atomic E-state index is -0.733. The molecular formula is C13H14N4OS. The van der Waals surface area contributed by atoms with Crippen LogP contribution in [0, 0.1) is 5.92 Å². The van der Waals surface area contributed by atoms with Gasteiger partial charge in [0.15, 0.2) is 6.17 Å². The number of aliphatic imine (C=N–C) groups is 2. The van der Waals surface area contributed by atoms with E-state index in [2.05, 4.69) is 15.3 Å². The van der Waals surface area contributed by atoms with Crippen molar-refractivity contribution in [2.75, 3.05) is 5.32 Å². The molecule has 0 saturated carbocycles. The first-order valence-corrected chi connectivity index (χ1v) is 6.28. The molecular weight excluding hydrogens is 260 g/mol. The molecule has 19 heavy (non-hydrogen) atoms. The number of thiocarbonyl (C=S) groups is 1. The lowest BCUT2D eigenvalue weighted by atomic mass is 10.0. The Morgan fingerprint density at radius 1 is 1.32 bits per heavy atom. The summed E-state index contributed by atoms with van der Waals surface area (Å²) in [6.45, 7) is 0. The van der Waals surface area contributed by atoms with Gasteiger partial charge in [-0.3, -0.25) is 14.8 Å². The van der Waals surface area contributed by atoms with Crippen molar-refractivity contribution in [3.8, 4) is 0 Å².